The van der Waals surface area contributed by atoms with Crippen molar-refractivity contribution in [1.82, 2.24) is 5.32 Å². The van der Waals surface area contributed by atoms with E-state index in [4.69, 9.17) is 0 Å². The van der Waals surface area contributed by atoms with Crippen molar-refractivity contribution in [3.05, 3.63) is 13.2 Å². The van der Waals surface area contributed by atoms with Crippen molar-refractivity contribution in [1.29, 1.82) is 0 Å². The molecule has 2 nitrogen and oxygen atoms in total. The Hall–Kier alpha value is -0.790. The van der Waals surface area contributed by atoms with Crippen LogP contribution in [0.3, 0.4) is 0 Å². The fourth-order valence-electron chi connectivity index (χ4n) is 1.53. The molecule has 1 aliphatic rings. The van der Waals surface area contributed by atoms with Gasteiger partial charge in [0, 0.05) is 13.0 Å². The van der Waals surface area contributed by atoms with Crippen LogP contribution in [-0.2, 0) is 4.79 Å². The molecule has 0 spiro atoms. The lowest BCUT2D eigenvalue weighted by Gasteiger charge is -2.21. The maximum absolute atomic E-state index is 10.6. The number of hydrogen-bond acceptors (Lipinski definition) is 1. The zero-order valence-electron chi connectivity index (χ0n) is 7.94. The Morgan fingerprint density at radius 1 is 1.25 bits per heavy atom. The Bertz CT molecular complexity index is 128. The molecule has 1 amide bonds. The van der Waals surface area contributed by atoms with E-state index in [1.54, 1.807) is 6.92 Å². The second-order valence-electron chi connectivity index (χ2n) is 3.04. The first-order valence-electron chi connectivity index (χ1n) is 4.56. The molecule has 0 aromatic heterocycles. The standard InChI is InChI=1S/C8H15NO.C2H4/c1-7(10)9-8-5-3-2-4-6-8;1-2/h8H,2-6H2,1H3,(H,9,10);1-2H2. The molecule has 12 heavy (non-hydrogen) atoms. The van der Waals surface area contributed by atoms with Gasteiger partial charge in [0.15, 0.2) is 0 Å². The molecule has 0 radical (unpaired) electrons. The molecule has 1 saturated carbocycles. The predicted octanol–water partition coefficient (Wildman–Crippen LogP) is 2.26. The first-order valence-corrected chi connectivity index (χ1v) is 4.56. The third-order valence-corrected chi connectivity index (χ3v) is 2.01. The molecule has 0 bridgehead atoms. The molecule has 0 heterocycles. The maximum Gasteiger partial charge on any atom is 0.217 e. The molecule has 0 unspecified atom stereocenters. The summed E-state index contributed by atoms with van der Waals surface area (Å²) in [5.41, 5.74) is 0. The number of carbonyl (C=O) groups excluding carboxylic acids is 1. The fourth-order valence-corrected chi connectivity index (χ4v) is 1.53. The van der Waals surface area contributed by atoms with E-state index < -0.39 is 0 Å². The summed E-state index contributed by atoms with van der Waals surface area (Å²) in [5.74, 6) is 0.118. The Morgan fingerprint density at radius 3 is 2.17 bits per heavy atom. The van der Waals surface area contributed by atoms with Gasteiger partial charge < -0.3 is 5.32 Å². The lowest BCUT2D eigenvalue weighted by molar-refractivity contribution is -0.119. The number of hydrogen-bond donors (Lipinski definition) is 1. The van der Waals surface area contributed by atoms with E-state index in [1.807, 2.05) is 0 Å². The Morgan fingerprint density at radius 2 is 1.75 bits per heavy atom. The monoisotopic (exact) mass is 169 g/mol. The summed E-state index contributed by atoms with van der Waals surface area (Å²) < 4.78 is 0. The lowest BCUT2D eigenvalue weighted by Crippen LogP contribution is -2.34. The summed E-state index contributed by atoms with van der Waals surface area (Å²) >= 11 is 0. The molecular formula is C10H19NO. The minimum absolute atomic E-state index is 0.118. The maximum atomic E-state index is 10.6. The SMILES string of the molecule is C=C.CC(=O)NC1CCCCC1. The zero-order valence-corrected chi connectivity index (χ0v) is 7.94. The molecule has 0 aromatic carbocycles. The van der Waals surface area contributed by atoms with Crippen LogP contribution in [0.15, 0.2) is 13.2 Å². The van der Waals surface area contributed by atoms with E-state index in [0.717, 1.165) is 0 Å². The summed E-state index contributed by atoms with van der Waals surface area (Å²) in [7, 11) is 0. The minimum atomic E-state index is 0.118. The first kappa shape index (κ1) is 11.2. The first-order chi connectivity index (χ1) is 5.79. The summed E-state index contributed by atoms with van der Waals surface area (Å²) in [6.07, 6.45) is 6.27. The average Bonchev–Trinajstić information content (AvgIpc) is 2.08. The molecule has 70 valence electrons. The van der Waals surface area contributed by atoms with Crippen molar-refractivity contribution < 1.29 is 4.79 Å². The molecule has 0 aliphatic heterocycles. The van der Waals surface area contributed by atoms with Crippen LogP contribution in [0.1, 0.15) is 39.0 Å². The van der Waals surface area contributed by atoms with E-state index >= 15 is 0 Å². The molecule has 1 N–H and O–H groups in total. The van der Waals surface area contributed by atoms with Gasteiger partial charge in [0.25, 0.3) is 0 Å². The summed E-state index contributed by atoms with van der Waals surface area (Å²) in [6, 6.07) is 0.478. The van der Waals surface area contributed by atoms with Gasteiger partial charge in [-0.05, 0) is 12.8 Å². The highest BCUT2D eigenvalue weighted by Crippen LogP contribution is 2.16. The quantitative estimate of drug-likeness (QED) is 0.599. The summed E-state index contributed by atoms with van der Waals surface area (Å²) in [6.45, 7) is 7.59. The average molecular weight is 169 g/mol. The van der Waals surface area contributed by atoms with Crippen LogP contribution in [-0.4, -0.2) is 11.9 Å². The minimum Gasteiger partial charge on any atom is -0.354 e. The molecule has 1 fully saturated rings. The predicted molar refractivity (Wildman–Crippen MR) is 51.9 cm³/mol. The van der Waals surface area contributed by atoms with Gasteiger partial charge in [-0.25, -0.2) is 0 Å². The zero-order chi connectivity index (χ0) is 9.40. The van der Waals surface area contributed by atoms with E-state index in [-0.39, 0.29) is 5.91 Å². The van der Waals surface area contributed by atoms with Crippen LogP contribution in [0.2, 0.25) is 0 Å². The van der Waals surface area contributed by atoms with Crippen LogP contribution in [0, 0.1) is 0 Å². The Kier molecular flexibility index (Phi) is 6.44. The van der Waals surface area contributed by atoms with Gasteiger partial charge in [-0.2, -0.15) is 0 Å². The molecule has 1 aliphatic carbocycles. The van der Waals surface area contributed by atoms with Crippen molar-refractivity contribution in [2.45, 2.75) is 45.1 Å². The van der Waals surface area contributed by atoms with E-state index in [1.165, 1.54) is 32.1 Å². The fraction of sp³-hybridized carbons (Fsp3) is 0.700. The van der Waals surface area contributed by atoms with Crippen LogP contribution < -0.4 is 5.32 Å². The number of rotatable bonds is 1. The van der Waals surface area contributed by atoms with E-state index in [9.17, 15) is 4.79 Å². The van der Waals surface area contributed by atoms with Crippen molar-refractivity contribution >= 4 is 5.91 Å². The van der Waals surface area contributed by atoms with Crippen LogP contribution in [0.25, 0.3) is 0 Å². The van der Waals surface area contributed by atoms with Crippen molar-refractivity contribution in [2.24, 2.45) is 0 Å². The number of carbonyl (C=O) groups is 1. The van der Waals surface area contributed by atoms with Crippen LogP contribution >= 0.6 is 0 Å². The van der Waals surface area contributed by atoms with E-state index in [0.29, 0.717) is 6.04 Å². The van der Waals surface area contributed by atoms with Gasteiger partial charge >= 0.3 is 0 Å². The third-order valence-electron chi connectivity index (χ3n) is 2.01. The van der Waals surface area contributed by atoms with Gasteiger partial charge in [0.2, 0.25) is 5.91 Å². The van der Waals surface area contributed by atoms with Gasteiger partial charge in [-0.3, -0.25) is 4.79 Å². The van der Waals surface area contributed by atoms with Gasteiger partial charge in [0.05, 0.1) is 0 Å². The van der Waals surface area contributed by atoms with Gasteiger partial charge in [-0.15, -0.1) is 13.2 Å². The molecule has 0 aromatic rings. The molecule has 0 atom stereocenters. The smallest absolute Gasteiger partial charge is 0.217 e. The van der Waals surface area contributed by atoms with Crippen molar-refractivity contribution in [2.75, 3.05) is 0 Å². The van der Waals surface area contributed by atoms with Gasteiger partial charge in [-0.1, -0.05) is 19.3 Å². The highest BCUT2D eigenvalue weighted by Gasteiger charge is 2.12. The second kappa shape index (κ2) is 6.89. The Labute approximate surface area is 75.0 Å². The largest absolute Gasteiger partial charge is 0.354 e. The van der Waals surface area contributed by atoms with Gasteiger partial charge in [0.1, 0.15) is 0 Å². The van der Waals surface area contributed by atoms with Crippen LogP contribution in [0.5, 0.6) is 0 Å². The van der Waals surface area contributed by atoms with Crippen molar-refractivity contribution in [3.63, 3.8) is 0 Å². The number of amides is 1. The summed E-state index contributed by atoms with van der Waals surface area (Å²) in [5, 5.41) is 2.94. The number of nitrogens with one attached hydrogen (secondary N) is 1. The lowest BCUT2D eigenvalue weighted by atomic mass is 9.95. The highest BCUT2D eigenvalue weighted by atomic mass is 16.1. The molecule has 1 rings (SSSR count). The van der Waals surface area contributed by atoms with Crippen molar-refractivity contribution in [3.8, 4) is 0 Å². The molecule has 0 saturated heterocycles. The van der Waals surface area contributed by atoms with Crippen LogP contribution in [0.4, 0.5) is 0 Å². The topological polar surface area (TPSA) is 29.1 Å². The second-order valence-corrected chi connectivity index (χ2v) is 3.04. The highest BCUT2D eigenvalue weighted by molar-refractivity contribution is 5.73. The third kappa shape index (κ3) is 4.94. The molecular weight excluding hydrogens is 150 g/mol. The Balaban J connectivity index is 0.000000561. The van der Waals surface area contributed by atoms with E-state index in [2.05, 4.69) is 18.5 Å². The summed E-state index contributed by atoms with van der Waals surface area (Å²) in [4.78, 5) is 10.6. The normalized spacial score (nSPS) is 17.4. The molecule has 2 heteroatoms.